The minimum absolute atomic E-state index is 0.0400. The Hall–Kier alpha value is -1.40. The molecule has 0 radical (unpaired) electrons. The molecule has 6 heteroatoms. The Balaban J connectivity index is 2.20. The summed E-state index contributed by atoms with van der Waals surface area (Å²) in [6, 6.07) is 1.97. The molecule has 1 fully saturated rings. The van der Waals surface area contributed by atoms with Crippen LogP contribution in [0.2, 0.25) is 0 Å². The molecule has 1 aromatic heterocycles. The van der Waals surface area contributed by atoms with Crippen molar-refractivity contribution in [3.63, 3.8) is 0 Å². The maximum Gasteiger partial charge on any atom is 0.272 e. The predicted octanol–water partition coefficient (Wildman–Crippen LogP) is -0.303. The first kappa shape index (κ1) is 14.0. The minimum atomic E-state index is 0.0400. The molecular weight excluding hydrogens is 242 g/mol. The van der Waals surface area contributed by atoms with E-state index in [1.54, 1.807) is 4.68 Å². The number of aryl methyl sites for hydroxylation is 2. The van der Waals surface area contributed by atoms with Crippen molar-refractivity contribution < 1.29 is 4.79 Å². The lowest BCUT2D eigenvalue weighted by molar-refractivity contribution is 0.0505. The fourth-order valence-corrected chi connectivity index (χ4v) is 2.53. The first-order valence-corrected chi connectivity index (χ1v) is 6.79. The number of nitrogens with two attached hydrogens (primary N) is 1. The summed E-state index contributed by atoms with van der Waals surface area (Å²) in [5.41, 5.74) is 7.40. The van der Waals surface area contributed by atoms with Gasteiger partial charge in [0.25, 0.3) is 5.91 Å². The van der Waals surface area contributed by atoms with Crippen molar-refractivity contribution >= 4 is 5.91 Å². The van der Waals surface area contributed by atoms with Crippen LogP contribution in [0, 0.1) is 0 Å². The van der Waals surface area contributed by atoms with E-state index in [9.17, 15) is 4.79 Å². The van der Waals surface area contributed by atoms with Crippen LogP contribution in [0.25, 0.3) is 0 Å². The van der Waals surface area contributed by atoms with Gasteiger partial charge in [-0.1, -0.05) is 6.92 Å². The summed E-state index contributed by atoms with van der Waals surface area (Å²) in [6.45, 7) is 4.98. The van der Waals surface area contributed by atoms with Gasteiger partial charge in [-0.25, -0.2) is 0 Å². The molecule has 0 bridgehead atoms. The van der Waals surface area contributed by atoms with Gasteiger partial charge in [0.2, 0.25) is 0 Å². The van der Waals surface area contributed by atoms with Gasteiger partial charge in [0.05, 0.1) is 11.7 Å². The monoisotopic (exact) mass is 265 g/mol. The molecule has 0 aliphatic carbocycles. The smallest absolute Gasteiger partial charge is 0.272 e. The summed E-state index contributed by atoms with van der Waals surface area (Å²) < 4.78 is 1.67. The third-order valence-electron chi connectivity index (χ3n) is 3.73. The molecular formula is C13H23N5O. The summed E-state index contributed by atoms with van der Waals surface area (Å²) in [4.78, 5) is 16.7. The third-order valence-corrected chi connectivity index (χ3v) is 3.73. The zero-order valence-corrected chi connectivity index (χ0v) is 12.0. The quantitative estimate of drug-likeness (QED) is 0.814. The highest BCUT2D eigenvalue weighted by atomic mass is 16.2. The van der Waals surface area contributed by atoms with Crippen LogP contribution in [-0.2, 0) is 13.5 Å². The van der Waals surface area contributed by atoms with Crippen LogP contribution in [-0.4, -0.2) is 64.8 Å². The van der Waals surface area contributed by atoms with E-state index in [0.717, 1.165) is 31.7 Å². The second-order valence-corrected chi connectivity index (χ2v) is 5.15. The van der Waals surface area contributed by atoms with E-state index in [1.807, 2.05) is 24.9 Å². The molecule has 1 saturated heterocycles. The van der Waals surface area contributed by atoms with Crippen LogP contribution in [0.4, 0.5) is 0 Å². The predicted molar refractivity (Wildman–Crippen MR) is 74.0 cm³/mol. The van der Waals surface area contributed by atoms with Gasteiger partial charge in [-0.3, -0.25) is 9.48 Å². The fraction of sp³-hybridized carbons (Fsp3) is 0.692. The number of amides is 1. The molecule has 1 aliphatic rings. The van der Waals surface area contributed by atoms with Gasteiger partial charge >= 0.3 is 0 Å². The number of likely N-dealkylation sites (N-methyl/N-ethyl adjacent to an activating group) is 1. The summed E-state index contributed by atoms with van der Waals surface area (Å²) in [5, 5.41) is 4.34. The van der Waals surface area contributed by atoms with Crippen molar-refractivity contribution in [1.82, 2.24) is 19.6 Å². The minimum Gasteiger partial charge on any atom is -0.330 e. The zero-order valence-electron chi connectivity index (χ0n) is 12.0. The number of hydrogen-bond donors (Lipinski definition) is 1. The van der Waals surface area contributed by atoms with Crippen molar-refractivity contribution in [2.45, 2.75) is 19.4 Å². The highest BCUT2D eigenvalue weighted by Crippen LogP contribution is 2.14. The van der Waals surface area contributed by atoms with Gasteiger partial charge in [-0.15, -0.1) is 0 Å². The maximum atomic E-state index is 12.6. The molecule has 1 amide bonds. The summed E-state index contributed by atoms with van der Waals surface area (Å²) in [6.07, 6.45) is 0.837. The average Bonchev–Trinajstić information content (AvgIpc) is 2.79. The molecule has 2 heterocycles. The highest BCUT2D eigenvalue weighted by molar-refractivity contribution is 5.93. The molecule has 0 spiro atoms. The third kappa shape index (κ3) is 2.79. The Morgan fingerprint density at radius 3 is 2.79 bits per heavy atom. The Bertz CT molecular complexity index is 456. The van der Waals surface area contributed by atoms with Gasteiger partial charge in [0.1, 0.15) is 5.69 Å². The van der Waals surface area contributed by atoms with Gasteiger partial charge < -0.3 is 15.5 Å². The van der Waals surface area contributed by atoms with Crippen molar-refractivity contribution in [2.75, 3.05) is 33.2 Å². The van der Waals surface area contributed by atoms with Crippen molar-refractivity contribution in [1.29, 1.82) is 0 Å². The van der Waals surface area contributed by atoms with Crippen LogP contribution >= 0.6 is 0 Å². The van der Waals surface area contributed by atoms with Gasteiger partial charge in [-0.2, -0.15) is 5.10 Å². The highest BCUT2D eigenvalue weighted by Gasteiger charge is 2.30. The lowest BCUT2D eigenvalue weighted by atomic mass is 10.1. The van der Waals surface area contributed by atoms with Gasteiger partial charge in [-0.05, 0) is 19.5 Å². The number of nitrogens with zero attached hydrogens (tertiary/aromatic N) is 4. The van der Waals surface area contributed by atoms with E-state index >= 15 is 0 Å². The van der Waals surface area contributed by atoms with Crippen LogP contribution in [0.1, 0.15) is 23.1 Å². The molecule has 6 nitrogen and oxygen atoms in total. The largest absolute Gasteiger partial charge is 0.330 e. The molecule has 1 unspecified atom stereocenters. The normalized spacial score (nSPS) is 20.8. The number of hydrogen-bond acceptors (Lipinski definition) is 4. The zero-order chi connectivity index (χ0) is 14.0. The Morgan fingerprint density at radius 1 is 1.47 bits per heavy atom. The van der Waals surface area contributed by atoms with E-state index < -0.39 is 0 Å². The molecule has 2 N–H and O–H groups in total. The number of piperazine rings is 1. The van der Waals surface area contributed by atoms with Crippen LogP contribution < -0.4 is 5.73 Å². The fourth-order valence-electron chi connectivity index (χ4n) is 2.53. The summed E-state index contributed by atoms with van der Waals surface area (Å²) in [5.74, 6) is 0.0400. The van der Waals surface area contributed by atoms with Crippen LogP contribution in [0.3, 0.4) is 0 Å². The van der Waals surface area contributed by atoms with E-state index in [4.69, 9.17) is 5.73 Å². The topological polar surface area (TPSA) is 67.4 Å². The number of carbonyl (C=O) groups excluding carboxylic acids is 1. The molecule has 1 aliphatic heterocycles. The number of aromatic nitrogens is 2. The Morgan fingerprint density at radius 2 is 2.21 bits per heavy atom. The summed E-state index contributed by atoms with van der Waals surface area (Å²) >= 11 is 0. The molecule has 2 rings (SSSR count). The SMILES string of the molecule is CCc1cc(C(=O)N2CCN(C)CC2CN)n(C)n1. The molecule has 0 aromatic carbocycles. The van der Waals surface area contributed by atoms with E-state index in [2.05, 4.69) is 17.0 Å². The maximum absolute atomic E-state index is 12.6. The molecule has 19 heavy (non-hydrogen) atoms. The Kier molecular flexibility index (Phi) is 4.21. The second kappa shape index (κ2) is 5.71. The lowest BCUT2D eigenvalue weighted by Gasteiger charge is -2.39. The molecule has 1 aromatic rings. The Labute approximate surface area is 114 Å². The van der Waals surface area contributed by atoms with Crippen LogP contribution in [0.5, 0.6) is 0 Å². The van der Waals surface area contributed by atoms with E-state index in [-0.39, 0.29) is 11.9 Å². The molecule has 1 atom stereocenters. The lowest BCUT2D eigenvalue weighted by Crippen LogP contribution is -2.57. The molecule has 106 valence electrons. The average molecular weight is 265 g/mol. The number of carbonyl (C=O) groups is 1. The van der Waals surface area contributed by atoms with E-state index in [0.29, 0.717) is 12.2 Å². The van der Waals surface area contributed by atoms with E-state index in [1.165, 1.54) is 0 Å². The van der Waals surface area contributed by atoms with Crippen molar-refractivity contribution in [3.05, 3.63) is 17.5 Å². The number of rotatable bonds is 3. The first-order valence-electron chi connectivity index (χ1n) is 6.79. The molecule has 0 saturated carbocycles. The van der Waals surface area contributed by atoms with Crippen LogP contribution in [0.15, 0.2) is 6.07 Å². The van der Waals surface area contributed by atoms with Crippen molar-refractivity contribution in [2.24, 2.45) is 12.8 Å². The standard InChI is InChI=1S/C13H23N5O/c1-4-10-7-12(17(3)15-10)13(19)18-6-5-16(2)9-11(18)8-14/h7,11H,4-6,8-9,14H2,1-3H3. The van der Waals surface area contributed by atoms with Crippen molar-refractivity contribution in [3.8, 4) is 0 Å². The summed E-state index contributed by atoms with van der Waals surface area (Å²) in [7, 11) is 3.88. The second-order valence-electron chi connectivity index (χ2n) is 5.15. The first-order chi connectivity index (χ1) is 9.06. The van der Waals surface area contributed by atoms with Gasteiger partial charge in [0, 0.05) is 33.2 Å². The van der Waals surface area contributed by atoms with Gasteiger partial charge in [0.15, 0.2) is 0 Å².